The highest BCUT2D eigenvalue weighted by atomic mass is 19.2. The second kappa shape index (κ2) is 50.1. The number of aromatic nitrogens is 4. The Balaban J connectivity index is 0.000000198. The minimum absolute atomic E-state index is 0.0445. The lowest BCUT2D eigenvalue weighted by Gasteiger charge is -2.24. The minimum Gasteiger partial charge on any atom is -0.312 e. The molecule has 0 aliphatic carbocycles. The molecule has 0 aliphatic heterocycles. The van der Waals surface area contributed by atoms with Gasteiger partial charge in [0.25, 0.3) is 0 Å². The topological polar surface area (TPSA) is 201 Å². The standard InChI is InChI=1S/C29H34N2O2.C28H31FN2O2.C27H28F2N2O2.C26H25F3N2O2/c1-6-29(33)31(19-20(2)3)27-16-13-25(14-17-27)24-9-11-26(12-10-24)28(32)18-15-23-8-7-21(4)30-22(23)5;1-5-28(33)31(18-19(2)3)25-14-10-23(11-15-25)22-6-8-24(9-7-22)26(32)16-12-21-13-17-27(29)30-20(21)4;1-4-26(33)31(17-18(2)3)23-13-9-20(10-14-23)19-5-7-21(8-6-19)24(32)15-11-22-12-16-25(28)30-27(22)29;1-3-15-31(25(33)4-2)22-12-9-20(16-21(22)27)17-5-7-18(8-6-17)23(32)13-10-19-11-14-24(28)30-26(19)29/h7-14,16-17,20H,6,15,18-19H2,1-5H3;6-11,13-15,17,19H,5,12,16,18H2,1-4H3;5-10,12-14,16,18H,4,11,15,17H2,1-3H3;5-9,11-12,14,16H,3-4,10,13,15H2,1-2H3. The first kappa shape index (κ1) is 102. The molecule has 0 spiro atoms. The van der Waals surface area contributed by atoms with E-state index in [-0.39, 0.29) is 89.3 Å². The third kappa shape index (κ3) is 29.8. The molecule has 22 heteroatoms. The van der Waals surface area contributed by atoms with E-state index in [2.05, 4.69) is 67.5 Å². The average Bonchev–Trinajstić information content (AvgIpc) is 0.797. The summed E-state index contributed by atoms with van der Waals surface area (Å²) in [5.41, 5.74) is 17.7. The zero-order chi connectivity index (χ0) is 95.8. The maximum absolute atomic E-state index is 14.8. The van der Waals surface area contributed by atoms with Gasteiger partial charge in [-0.05, 0) is 211 Å². The smallest absolute Gasteiger partial charge is 0.226 e. The number of pyridine rings is 4. The number of ketones is 4. The summed E-state index contributed by atoms with van der Waals surface area (Å²) in [5, 5.41) is 0. The summed E-state index contributed by atoms with van der Waals surface area (Å²) in [4.78, 5) is 121. The van der Waals surface area contributed by atoms with Crippen LogP contribution in [-0.2, 0) is 44.9 Å². The molecule has 4 heterocycles. The van der Waals surface area contributed by atoms with Crippen molar-refractivity contribution in [3.63, 3.8) is 0 Å². The molecule has 0 fully saturated rings. The third-order valence-electron chi connectivity index (χ3n) is 22.2. The van der Waals surface area contributed by atoms with Gasteiger partial charge in [-0.2, -0.15) is 31.9 Å². The van der Waals surface area contributed by atoms with Crippen molar-refractivity contribution in [2.45, 2.75) is 180 Å². The van der Waals surface area contributed by atoms with Gasteiger partial charge in [0, 0.05) is 145 Å². The quantitative estimate of drug-likeness (QED) is 0.0205. The summed E-state index contributed by atoms with van der Waals surface area (Å²) < 4.78 is 81.1. The van der Waals surface area contributed by atoms with Crippen LogP contribution in [0.1, 0.15) is 215 Å². The van der Waals surface area contributed by atoms with Crippen LogP contribution in [0.25, 0.3) is 44.5 Å². The molecular weight excluding hydrogens is 1680 g/mol. The summed E-state index contributed by atoms with van der Waals surface area (Å²) in [5.74, 6) is -3.35. The van der Waals surface area contributed by atoms with E-state index in [1.807, 2.05) is 196 Å². The second-order valence-corrected chi connectivity index (χ2v) is 33.7. The van der Waals surface area contributed by atoms with Gasteiger partial charge in [-0.25, -0.2) is 9.37 Å². The zero-order valence-corrected chi connectivity index (χ0v) is 77.9. The van der Waals surface area contributed by atoms with E-state index in [4.69, 9.17) is 0 Å². The number of nitrogens with zero attached hydrogens (tertiary/aromatic N) is 8. The largest absolute Gasteiger partial charge is 0.312 e. The molecule has 132 heavy (non-hydrogen) atoms. The molecule has 0 unspecified atom stereocenters. The van der Waals surface area contributed by atoms with Gasteiger partial charge >= 0.3 is 0 Å². The van der Waals surface area contributed by atoms with Gasteiger partial charge in [-0.15, -0.1) is 0 Å². The monoisotopic (exact) mass is 1790 g/mol. The maximum Gasteiger partial charge on any atom is 0.226 e. The molecule has 4 amide bonds. The van der Waals surface area contributed by atoms with Crippen LogP contribution < -0.4 is 19.6 Å². The van der Waals surface area contributed by atoms with E-state index in [0.717, 1.165) is 96.2 Å². The number of carbonyl (C=O) groups excluding carboxylic acids is 8. The molecule has 4 aromatic heterocycles. The predicted octanol–water partition coefficient (Wildman–Crippen LogP) is 25.4. The first-order chi connectivity index (χ1) is 63.2. The Kier molecular flexibility index (Phi) is 38.8. The number of rotatable bonds is 36. The lowest BCUT2D eigenvalue weighted by Crippen LogP contribution is -2.33. The van der Waals surface area contributed by atoms with E-state index in [0.29, 0.717) is 130 Å². The predicted molar refractivity (Wildman–Crippen MR) is 514 cm³/mol. The highest BCUT2D eigenvalue weighted by Gasteiger charge is 2.23. The van der Waals surface area contributed by atoms with Gasteiger partial charge in [0.1, 0.15) is 5.82 Å². The molecule has 0 atom stereocenters. The van der Waals surface area contributed by atoms with Crippen molar-refractivity contribution < 1.29 is 64.7 Å². The Bertz CT molecular complexity index is 5480. The second-order valence-electron chi connectivity index (χ2n) is 33.7. The fraction of sp³-hybridized carbons (Fsp3) is 0.309. The van der Waals surface area contributed by atoms with Gasteiger partial charge in [0.15, 0.2) is 23.1 Å². The van der Waals surface area contributed by atoms with Gasteiger partial charge in [0.05, 0.1) is 5.69 Å². The van der Waals surface area contributed by atoms with Crippen LogP contribution in [0.15, 0.2) is 237 Å². The normalized spacial score (nSPS) is 10.9. The Morgan fingerprint density at radius 3 is 0.818 bits per heavy atom. The summed E-state index contributed by atoms with van der Waals surface area (Å²) in [6, 6.07) is 69.6. The highest BCUT2D eigenvalue weighted by molar-refractivity contribution is 6.00. The van der Waals surface area contributed by atoms with Crippen molar-refractivity contribution in [3.05, 3.63) is 334 Å². The molecule has 0 bridgehead atoms. The summed E-state index contributed by atoms with van der Waals surface area (Å²) >= 11 is 0. The molecular formula is C110H118F6N8O8. The van der Waals surface area contributed by atoms with Crippen LogP contribution in [0.4, 0.5) is 49.1 Å². The van der Waals surface area contributed by atoms with Crippen molar-refractivity contribution >= 4 is 69.5 Å². The molecule has 12 aromatic rings. The number of hydrogen-bond acceptors (Lipinski definition) is 12. The molecule has 0 aliphatic rings. The molecule has 0 radical (unpaired) electrons. The lowest BCUT2D eigenvalue weighted by atomic mass is 9.99. The van der Waals surface area contributed by atoms with E-state index in [1.165, 1.54) is 29.2 Å². The van der Waals surface area contributed by atoms with Crippen molar-refractivity contribution in [1.82, 2.24) is 19.9 Å². The number of hydrogen-bond donors (Lipinski definition) is 0. The van der Waals surface area contributed by atoms with Crippen LogP contribution in [0.3, 0.4) is 0 Å². The van der Waals surface area contributed by atoms with Gasteiger partial charge in [-0.1, -0.05) is 228 Å². The first-order valence-electron chi connectivity index (χ1n) is 45.2. The van der Waals surface area contributed by atoms with Crippen LogP contribution in [0.5, 0.6) is 0 Å². The van der Waals surface area contributed by atoms with Crippen LogP contribution in [-0.4, -0.2) is 92.9 Å². The zero-order valence-electron chi connectivity index (χ0n) is 77.9. The molecule has 0 saturated heterocycles. The Morgan fingerprint density at radius 1 is 0.288 bits per heavy atom. The van der Waals surface area contributed by atoms with E-state index >= 15 is 0 Å². The Morgan fingerprint density at radius 2 is 0.545 bits per heavy atom. The Hall–Kier alpha value is -13.5. The first-order valence-corrected chi connectivity index (χ1v) is 45.2. The van der Waals surface area contributed by atoms with Gasteiger partial charge in [-0.3, -0.25) is 43.3 Å². The summed E-state index contributed by atoms with van der Waals surface area (Å²) in [7, 11) is 0. The number of amides is 4. The molecule has 0 N–H and O–H groups in total. The molecule has 688 valence electrons. The van der Waals surface area contributed by atoms with Crippen LogP contribution in [0, 0.1) is 74.1 Å². The molecule has 8 aromatic carbocycles. The SMILES string of the molecule is CCC(=O)N(CC(C)C)c1ccc(-c2ccc(C(=O)CCc3ccc(C)nc3C)cc2)cc1.CCC(=O)N(CC(C)C)c1ccc(-c2ccc(C(=O)CCc3ccc(F)nc3C)cc2)cc1.CCC(=O)N(CC(C)C)c1ccc(-c2ccc(C(=O)CCc3ccc(F)nc3F)cc2)cc1.CCCN(C(=O)CC)c1ccc(-c2ccc(C(=O)CCc3ccc(F)nc3F)cc2)cc1F. The van der Waals surface area contributed by atoms with E-state index in [9.17, 15) is 64.7 Å². The summed E-state index contributed by atoms with van der Waals surface area (Å²) in [6.45, 7) is 30.1. The highest BCUT2D eigenvalue weighted by Crippen LogP contribution is 2.33. The fourth-order valence-corrected chi connectivity index (χ4v) is 14.9. The number of carbonyl (C=O) groups is 8. The van der Waals surface area contributed by atoms with E-state index < -0.39 is 35.6 Å². The van der Waals surface area contributed by atoms with Crippen LogP contribution in [0.2, 0.25) is 0 Å². The number of aryl methyl sites for hydroxylation is 7. The van der Waals surface area contributed by atoms with Crippen molar-refractivity contribution in [1.29, 1.82) is 0 Å². The maximum atomic E-state index is 14.8. The third-order valence-corrected chi connectivity index (χ3v) is 22.2. The average molecular weight is 1790 g/mol. The number of benzene rings is 8. The number of halogens is 6. The summed E-state index contributed by atoms with van der Waals surface area (Å²) in [6.07, 6.45) is 4.89. The number of Topliss-reactive ketones (excluding diaryl/α,β-unsaturated/α-hetero) is 4. The van der Waals surface area contributed by atoms with Crippen molar-refractivity contribution in [2.24, 2.45) is 17.8 Å². The lowest BCUT2D eigenvalue weighted by molar-refractivity contribution is -0.119. The van der Waals surface area contributed by atoms with Gasteiger partial charge in [0.2, 0.25) is 53.4 Å². The van der Waals surface area contributed by atoms with Gasteiger partial charge < -0.3 is 19.6 Å². The fourth-order valence-electron chi connectivity index (χ4n) is 14.9. The minimum atomic E-state index is -0.915. The van der Waals surface area contributed by atoms with Crippen LogP contribution >= 0.6 is 0 Å². The Labute approximate surface area is 772 Å². The molecule has 16 nitrogen and oxygen atoms in total. The number of anilines is 4. The van der Waals surface area contributed by atoms with E-state index in [1.54, 1.807) is 68.4 Å². The molecule has 0 saturated carbocycles. The molecule has 12 rings (SSSR count). The van der Waals surface area contributed by atoms with Crippen molar-refractivity contribution in [2.75, 3.05) is 45.8 Å². The van der Waals surface area contributed by atoms with Crippen molar-refractivity contribution in [3.8, 4) is 44.5 Å².